The minimum absolute atomic E-state index is 0.156. The van der Waals surface area contributed by atoms with Gasteiger partial charge in [-0.15, -0.1) is 0 Å². The van der Waals surface area contributed by atoms with E-state index in [-0.39, 0.29) is 12.4 Å². The Morgan fingerprint density at radius 1 is 1.59 bits per heavy atom. The molecule has 0 radical (unpaired) electrons. The summed E-state index contributed by atoms with van der Waals surface area (Å²) < 4.78 is 13.4. The second-order valence-electron chi connectivity index (χ2n) is 3.80. The fourth-order valence-electron chi connectivity index (χ4n) is 1.51. The maximum absolute atomic E-state index is 13.4. The van der Waals surface area contributed by atoms with E-state index >= 15 is 0 Å². The van der Waals surface area contributed by atoms with Gasteiger partial charge in [-0.3, -0.25) is 4.79 Å². The zero-order chi connectivity index (χ0) is 12.8. The van der Waals surface area contributed by atoms with Gasteiger partial charge in [0.25, 0.3) is 0 Å². The fourth-order valence-corrected chi connectivity index (χ4v) is 1.71. The van der Waals surface area contributed by atoms with Crippen molar-refractivity contribution in [3.05, 3.63) is 34.6 Å². The van der Waals surface area contributed by atoms with Crippen LogP contribution in [0.1, 0.15) is 25.3 Å². The summed E-state index contributed by atoms with van der Waals surface area (Å²) in [6.45, 7) is 2.06. The number of carbonyl (C=O) groups is 1. The summed E-state index contributed by atoms with van der Waals surface area (Å²) in [6, 6.07) is 3.57. The van der Waals surface area contributed by atoms with E-state index in [1.165, 1.54) is 18.2 Å². The molecule has 1 atom stereocenters. The Kier molecular flexibility index (Phi) is 5.38. The predicted octanol–water partition coefficient (Wildman–Crippen LogP) is 2.82. The fraction of sp³-hybridized carbons (Fsp3) is 0.417. The SMILES string of the molecule is CCCC(NCc1cc(Cl)ccc1F)C(=O)O. The van der Waals surface area contributed by atoms with Crippen LogP contribution in [-0.2, 0) is 11.3 Å². The van der Waals surface area contributed by atoms with E-state index in [0.29, 0.717) is 17.0 Å². The molecular weight excluding hydrogens is 245 g/mol. The second kappa shape index (κ2) is 6.57. The van der Waals surface area contributed by atoms with E-state index in [4.69, 9.17) is 16.7 Å². The summed E-state index contributed by atoms with van der Waals surface area (Å²) in [4.78, 5) is 10.9. The Morgan fingerprint density at radius 3 is 2.88 bits per heavy atom. The van der Waals surface area contributed by atoms with E-state index in [9.17, 15) is 9.18 Å². The lowest BCUT2D eigenvalue weighted by Crippen LogP contribution is -2.36. The number of rotatable bonds is 6. The molecule has 17 heavy (non-hydrogen) atoms. The van der Waals surface area contributed by atoms with Crippen LogP contribution in [0.15, 0.2) is 18.2 Å². The molecule has 0 saturated carbocycles. The average Bonchev–Trinajstić information content (AvgIpc) is 2.28. The van der Waals surface area contributed by atoms with E-state index in [2.05, 4.69) is 5.32 Å². The third kappa shape index (κ3) is 4.32. The first-order valence-electron chi connectivity index (χ1n) is 5.44. The molecule has 0 aliphatic rings. The van der Waals surface area contributed by atoms with Crippen molar-refractivity contribution in [3.63, 3.8) is 0 Å². The van der Waals surface area contributed by atoms with E-state index < -0.39 is 12.0 Å². The van der Waals surface area contributed by atoms with Crippen LogP contribution in [0, 0.1) is 5.82 Å². The number of nitrogens with one attached hydrogen (secondary N) is 1. The number of hydrogen-bond donors (Lipinski definition) is 2. The number of hydrogen-bond acceptors (Lipinski definition) is 2. The van der Waals surface area contributed by atoms with Crippen molar-refractivity contribution in [2.75, 3.05) is 0 Å². The van der Waals surface area contributed by atoms with Crippen molar-refractivity contribution in [2.24, 2.45) is 0 Å². The van der Waals surface area contributed by atoms with Crippen molar-refractivity contribution in [2.45, 2.75) is 32.4 Å². The zero-order valence-corrected chi connectivity index (χ0v) is 10.3. The highest BCUT2D eigenvalue weighted by atomic mass is 35.5. The molecule has 1 rings (SSSR count). The highest BCUT2D eigenvalue weighted by Gasteiger charge is 2.15. The predicted molar refractivity (Wildman–Crippen MR) is 64.6 cm³/mol. The molecule has 0 aliphatic carbocycles. The van der Waals surface area contributed by atoms with Gasteiger partial charge in [0.05, 0.1) is 0 Å². The molecule has 0 aromatic heterocycles. The summed E-state index contributed by atoms with van der Waals surface area (Å²) in [6.07, 6.45) is 1.26. The lowest BCUT2D eigenvalue weighted by Gasteiger charge is -2.13. The molecule has 5 heteroatoms. The summed E-state index contributed by atoms with van der Waals surface area (Å²) in [5.41, 5.74) is 0.375. The van der Waals surface area contributed by atoms with Crippen molar-refractivity contribution in [3.8, 4) is 0 Å². The molecule has 0 fully saturated rings. The van der Waals surface area contributed by atoms with E-state index in [0.717, 1.165) is 6.42 Å². The van der Waals surface area contributed by atoms with Gasteiger partial charge in [-0.2, -0.15) is 0 Å². The summed E-state index contributed by atoms with van der Waals surface area (Å²) in [5, 5.41) is 12.2. The first-order chi connectivity index (χ1) is 8.04. The molecule has 1 unspecified atom stereocenters. The lowest BCUT2D eigenvalue weighted by atomic mass is 10.1. The van der Waals surface area contributed by atoms with Gasteiger partial charge in [-0.05, 0) is 24.6 Å². The maximum Gasteiger partial charge on any atom is 0.320 e. The topological polar surface area (TPSA) is 49.3 Å². The van der Waals surface area contributed by atoms with Crippen LogP contribution in [0.5, 0.6) is 0 Å². The Balaban J connectivity index is 2.64. The molecule has 0 heterocycles. The molecular formula is C12H15ClFNO2. The average molecular weight is 260 g/mol. The highest BCUT2D eigenvalue weighted by Crippen LogP contribution is 2.15. The number of benzene rings is 1. The summed E-state index contributed by atoms with van der Waals surface area (Å²) in [7, 11) is 0. The van der Waals surface area contributed by atoms with Crippen LogP contribution >= 0.6 is 11.6 Å². The van der Waals surface area contributed by atoms with E-state index in [1.54, 1.807) is 0 Å². The van der Waals surface area contributed by atoms with Crippen molar-refractivity contribution >= 4 is 17.6 Å². The van der Waals surface area contributed by atoms with Gasteiger partial charge < -0.3 is 10.4 Å². The summed E-state index contributed by atoms with van der Waals surface area (Å²) >= 11 is 5.75. The maximum atomic E-state index is 13.4. The number of halogens is 2. The normalized spacial score (nSPS) is 12.4. The third-order valence-electron chi connectivity index (χ3n) is 2.42. The summed E-state index contributed by atoms with van der Waals surface area (Å²) in [5.74, 6) is -1.31. The Bertz CT molecular complexity index is 398. The molecule has 2 N–H and O–H groups in total. The van der Waals surface area contributed by atoms with Gasteiger partial charge in [0.2, 0.25) is 0 Å². The van der Waals surface area contributed by atoms with Crippen LogP contribution < -0.4 is 5.32 Å². The molecule has 1 aromatic carbocycles. The van der Waals surface area contributed by atoms with Crippen molar-refractivity contribution in [1.82, 2.24) is 5.32 Å². The molecule has 0 amide bonds. The molecule has 0 aliphatic heterocycles. The van der Waals surface area contributed by atoms with Gasteiger partial charge in [0.1, 0.15) is 11.9 Å². The van der Waals surface area contributed by atoms with Crippen LogP contribution in [0.3, 0.4) is 0 Å². The third-order valence-corrected chi connectivity index (χ3v) is 2.66. The van der Waals surface area contributed by atoms with Gasteiger partial charge in [0, 0.05) is 17.1 Å². The number of aliphatic carboxylic acids is 1. The minimum Gasteiger partial charge on any atom is -0.480 e. The molecule has 3 nitrogen and oxygen atoms in total. The number of carboxylic acid groups (broad SMARTS) is 1. The van der Waals surface area contributed by atoms with Gasteiger partial charge >= 0.3 is 5.97 Å². The second-order valence-corrected chi connectivity index (χ2v) is 4.23. The Morgan fingerprint density at radius 2 is 2.29 bits per heavy atom. The smallest absolute Gasteiger partial charge is 0.320 e. The quantitative estimate of drug-likeness (QED) is 0.826. The number of carboxylic acids is 1. The molecule has 1 aromatic rings. The monoisotopic (exact) mass is 259 g/mol. The van der Waals surface area contributed by atoms with Gasteiger partial charge in [-0.1, -0.05) is 24.9 Å². The van der Waals surface area contributed by atoms with Crippen LogP contribution in [0.25, 0.3) is 0 Å². The molecule has 0 saturated heterocycles. The first kappa shape index (κ1) is 13.9. The Hall–Kier alpha value is -1.13. The highest BCUT2D eigenvalue weighted by molar-refractivity contribution is 6.30. The zero-order valence-electron chi connectivity index (χ0n) is 9.54. The van der Waals surface area contributed by atoms with Crippen LogP contribution in [-0.4, -0.2) is 17.1 Å². The lowest BCUT2D eigenvalue weighted by molar-refractivity contribution is -0.139. The van der Waals surface area contributed by atoms with Gasteiger partial charge in [-0.25, -0.2) is 4.39 Å². The van der Waals surface area contributed by atoms with Crippen molar-refractivity contribution < 1.29 is 14.3 Å². The first-order valence-corrected chi connectivity index (χ1v) is 5.82. The Labute approximate surface area is 105 Å². The van der Waals surface area contributed by atoms with Crippen LogP contribution in [0.2, 0.25) is 5.02 Å². The molecule has 0 bridgehead atoms. The molecule has 0 spiro atoms. The standard InChI is InChI=1S/C12H15ClFNO2/c1-2-3-11(12(16)17)15-7-8-6-9(13)4-5-10(8)14/h4-6,11,15H,2-3,7H2,1H3,(H,16,17). The van der Waals surface area contributed by atoms with Gasteiger partial charge in [0.15, 0.2) is 0 Å². The molecule has 94 valence electrons. The minimum atomic E-state index is -0.922. The van der Waals surface area contributed by atoms with Crippen LogP contribution in [0.4, 0.5) is 4.39 Å². The van der Waals surface area contributed by atoms with Crippen molar-refractivity contribution in [1.29, 1.82) is 0 Å². The van der Waals surface area contributed by atoms with E-state index in [1.807, 2.05) is 6.92 Å². The largest absolute Gasteiger partial charge is 0.480 e.